The monoisotopic (exact) mass is 188 g/mol. The molecule has 0 saturated carbocycles. The molecule has 0 heterocycles. The zero-order valence-electron chi connectivity index (χ0n) is 7.10. The quantitative estimate of drug-likeness (QED) is 0.703. The van der Waals surface area contributed by atoms with Crippen molar-refractivity contribution >= 4 is 5.69 Å². The van der Waals surface area contributed by atoms with Crippen LogP contribution in [0.5, 0.6) is 5.75 Å². The minimum atomic E-state index is -0.625. The molecule has 0 aromatic heterocycles. The highest BCUT2D eigenvalue weighted by Gasteiger charge is 2.08. The van der Waals surface area contributed by atoms with E-state index < -0.39 is 11.6 Å². The first-order valence-electron chi connectivity index (χ1n) is 3.66. The molecule has 0 bridgehead atoms. The second-order valence-corrected chi connectivity index (χ2v) is 2.35. The Balaban J connectivity index is 3.05. The molecule has 3 nitrogen and oxygen atoms in total. The van der Waals surface area contributed by atoms with Gasteiger partial charge in [-0.2, -0.15) is 0 Å². The van der Waals surface area contributed by atoms with E-state index in [1.54, 1.807) is 0 Å². The summed E-state index contributed by atoms with van der Waals surface area (Å²) < 4.78 is 30.6. The molecule has 0 radical (unpaired) electrons. The number of anilines is 1. The number of rotatable bonds is 3. The van der Waals surface area contributed by atoms with Crippen LogP contribution in [0.25, 0.3) is 0 Å². The predicted octanol–water partition coefficient (Wildman–Crippen LogP) is 1.30. The zero-order valence-corrected chi connectivity index (χ0v) is 7.10. The molecule has 0 saturated heterocycles. The fraction of sp³-hybridized carbons (Fsp3) is 0.250. The van der Waals surface area contributed by atoms with Crippen LogP contribution >= 0.6 is 0 Å². The molecule has 0 aliphatic heterocycles. The van der Waals surface area contributed by atoms with Crippen molar-refractivity contribution in [3.8, 4) is 5.75 Å². The second kappa shape index (κ2) is 4.04. The highest BCUT2D eigenvalue weighted by Crippen LogP contribution is 2.24. The number of methoxy groups -OCH3 is 1. The van der Waals surface area contributed by atoms with Gasteiger partial charge in [-0.15, -0.1) is 0 Å². The van der Waals surface area contributed by atoms with Gasteiger partial charge in [0.1, 0.15) is 5.82 Å². The Morgan fingerprint density at radius 3 is 2.62 bits per heavy atom. The van der Waals surface area contributed by atoms with Crippen LogP contribution in [-0.4, -0.2) is 13.8 Å². The molecule has 0 unspecified atom stereocenters. The molecule has 0 amide bonds. The SMILES string of the molecule is COc1cc(F)c(NCN)cc1F. The standard InChI is InChI=1S/C8H10F2N2O/c1-13-8-3-5(9)7(12-4-11)2-6(8)10/h2-3,12H,4,11H2,1H3. The summed E-state index contributed by atoms with van der Waals surface area (Å²) in [6.07, 6.45) is 0. The maximum Gasteiger partial charge on any atom is 0.167 e. The third-order valence-electron chi connectivity index (χ3n) is 1.53. The Morgan fingerprint density at radius 1 is 1.38 bits per heavy atom. The molecule has 0 spiro atoms. The molecule has 13 heavy (non-hydrogen) atoms. The van der Waals surface area contributed by atoms with E-state index in [1.807, 2.05) is 0 Å². The summed E-state index contributed by atoms with van der Waals surface area (Å²) in [5.41, 5.74) is 5.15. The van der Waals surface area contributed by atoms with Crippen molar-refractivity contribution in [3.05, 3.63) is 23.8 Å². The highest BCUT2D eigenvalue weighted by molar-refractivity contribution is 5.48. The van der Waals surface area contributed by atoms with Crippen molar-refractivity contribution < 1.29 is 13.5 Å². The molecule has 0 aliphatic carbocycles. The van der Waals surface area contributed by atoms with Crippen molar-refractivity contribution in [1.82, 2.24) is 0 Å². The smallest absolute Gasteiger partial charge is 0.167 e. The zero-order chi connectivity index (χ0) is 9.84. The van der Waals surface area contributed by atoms with Gasteiger partial charge in [0.05, 0.1) is 19.5 Å². The molecule has 0 atom stereocenters. The van der Waals surface area contributed by atoms with Gasteiger partial charge in [0.15, 0.2) is 11.6 Å². The molecule has 72 valence electrons. The topological polar surface area (TPSA) is 47.3 Å². The second-order valence-electron chi connectivity index (χ2n) is 2.35. The van der Waals surface area contributed by atoms with Crippen LogP contribution < -0.4 is 15.8 Å². The van der Waals surface area contributed by atoms with Crippen LogP contribution in [0.3, 0.4) is 0 Å². The van der Waals surface area contributed by atoms with Gasteiger partial charge >= 0.3 is 0 Å². The van der Waals surface area contributed by atoms with Crippen molar-refractivity contribution in [2.24, 2.45) is 5.73 Å². The third-order valence-corrected chi connectivity index (χ3v) is 1.53. The van der Waals surface area contributed by atoms with Gasteiger partial charge in [-0.1, -0.05) is 0 Å². The van der Waals surface area contributed by atoms with E-state index in [-0.39, 0.29) is 18.1 Å². The molecule has 0 aliphatic rings. The first kappa shape index (κ1) is 9.73. The van der Waals surface area contributed by atoms with E-state index in [0.29, 0.717) is 0 Å². The van der Waals surface area contributed by atoms with Crippen molar-refractivity contribution in [1.29, 1.82) is 0 Å². The van der Waals surface area contributed by atoms with Crippen molar-refractivity contribution in [2.45, 2.75) is 0 Å². The van der Waals surface area contributed by atoms with Gasteiger partial charge in [-0.25, -0.2) is 8.78 Å². The van der Waals surface area contributed by atoms with E-state index in [4.69, 9.17) is 5.73 Å². The summed E-state index contributed by atoms with van der Waals surface area (Å²) in [6, 6.07) is 1.97. The molecular weight excluding hydrogens is 178 g/mol. The Hall–Kier alpha value is -1.36. The molecule has 5 heteroatoms. The van der Waals surface area contributed by atoms with Gasteiger partial charge in [0.2, 0.25) is 0 Å². The summed E-state index contributed by atoms with van der Waals surface area (Å²) in [5, 5.41) is 2.48. The predicted molar refractivity (Wildman–Crippen MR) is 45.6 cm³/mol. The number of nitrogens with two attached hydrogens (primary N) is 1. The number of ether oxygens (including phenoxy) is 1. The first-order chi connectivity index (χ1) is 6.19. The van der Waals surface area contributed by atoms with Crippen molar-refractivity contribution in [2.75, 3.05) is 19.1 Å². The fourth-order valence-electron chi connectivity index (χ4n) is 0.930. The maximum atomic E-state index is 13.0. The minimum absolute atomic E-state index is 0.0285. The molecule has 1 rings (SSSR count). The lowest BCUT2D eigenvalue weighted by Crippen LogP contribution is -2.12. The number of benzene rings is 1. The Labute approximate surface area is 74.5 Å². The van der Waals surface area contributed by atoms with Crippen LogP contribution in [0.2, 0.25) is 0 Å². The highest BCUT2D eigenvalue weighted by atomic mass is 19.1. The Morgan fingerprint density at radius 2 is 2.08 bits per heavy atom. The maximum absolute atomic E-state index is 13.0. The van der Waals surface area contributed by atoms with Gasteiger partial charge in [0, 0.05) is 12.1 Å². The summed E-state index contributed by atoms with van der Waals surface area (Å²) in [6.45, 7) is 0.0443. The van der Waals surface area contributed by atoms with Gasteiger partial charge in [-0.05, 0) is 0 Å². The number of halogens is 2. The number of nitrogens with one attached hydrogen (secondary N) is 1. The lowest BCUT2D eigenvalue weighted by atomic mass is 10.2. The summed E-state index contributed by atoms with van der Waals surface area (Å²) in [5.74, 6) is -1.34. The number of hydrogen-bond donors (Lipinski definition) is 2. The lowest BCUT2D eigenvalue weighted by Gasteiger charge is -2.07. The first-order valence-corrected chi connectivity index (χ1v) is 3.66. The van der Waals surface area contributed by atoms with E-state index in [1.165, 1.54) is 7.11 Å². The van der Waals surface area contributed by atoms with Crippen LogP contribution in [0.4, 0.5) is 14.5 Å². The summed E-state index contributed by atoms with van der Waals surface area (Å²) in [4.78, 5) is 0. The normalized spacial score (nSPS) is 9.85. The van der Waals surface area contributed by atoms with Gasteiger partial charge in [-0.3, -0.25) is 0 Å². The molecular formula is C8H10F2N2O. The van der Waals surface area contributed by atoms with Gasteiger partial charge < -0.3 is 15.8 Å². The van der Waals surface area contributed by atoms with Crippen LogP contribution in [0, 0.1) is 11.6 Å². The summed E-state index contributed by atoms with van der Waals surface area (Å²) >= 11 is 0. The number of hydrogen-bond acceptors (Lipinski definition) is 3. The van der Waals surface area contributed by atoms with E-state index in [0.717, 1.165) is 12.1 Å². The van der Waals surface area contributed by atoms with Crippen LogP contribution in [-0.2, 0) is 0 Å². The van der Waals surface area contributed by atoms with Crippen LogP contribution in [0.15, 0.2) is 12.1 Å². The van der Waals surface area contributed by atoms with E-state index >= 15 is 0 Å². The Bertz CT molecular complexity index is 304. The average molecular weight is 188 g/mol. The van der Waals surface area contributed by atoms with Gasteiger partial charge in [0.25, 0.3) is 0 Å². The molecule has 1 aromatic rings. The van der Waals surface area contributed by atoms with E-state index in [9.17, 15) is 8.78 Å². The van der Waals surface area contributed by atoms with Crippen LogP contribution in [0.1, 0.15) is 0 Å². The lowest BCUT2D eigenvalue weighted by molar-refractivity contribution is 0.383. The third kappa shape index (κ3) is 2.06. The average Bonchev–Trinajstić information content (AvgIpc) is 2.11. The van der Waals surface area contributed by atoms with E-state index in [2.05, 4.69) is 10.1 Å². The van der Waals surface area contributed by atoms with Crippen molar-refractivity contribution in [3.63, 3.8) is 0 Å². The largest absolute Gasteiger partial charge is 0.494 e. The minimum Gasteiger partial charge on any atom is -0.494 e. The Kier molecular flexibility index (Phi) is 3.02. The molecule has 1 aromatic carbocycles. The molecule has 0 fully saturated rings. The summed E-state index contributed by atoms with van der Waals surface area (Å²) in [7, 11) is 1.27. The fourth-order valence-corrected chi connectivity index (χ4v) is 0.930. The molecule has 3 N–H and O–H groups in total.